The number of hydrogen-bond acceptors (Lipinski definition) is 3. The minimum atomic E-state index is -0.626. The van der Waals surface area contributed by atoms with Crippen molar-refractivity contribution in [1.29, 1.82) is 0 Å². The van der Waals surface area contributed by atoms with Crippen LogP contribution in [0.2, 0.25) is 5.02 Å². The number of carbonyl (C=O) groups is 2. The Morgan fingerprint density at radius 3 is 2.54 bits per heavy atom. The van der Waals surface area contributed by atoms with Gasteiger partial charge in [-0.3, -0.25) is 9.59 Å². The molecule has 0 radical (unpaired) electrons. The van der Waals surface area contributed by atoms with Crippen molar-refractivity contribution in [3.63, 3.8) is 0 Å². The minimum Gasteiger partial charge on any atom is -0.350 e. The van der Waals surface area contributed by atoms with Gasteiger partial charge in [-0.05, 0) is 47.9 Å². The third kappa shape index (κ3) is 4.97. The molecule has 2 amide bonds. The second-order valence-corrected chi connectivity index (χ2v) is 6.56. The van der Waals surface area contributed by atoms with Gasteiger partial charge in [-0.2, -0.15) is 0 Å². The Morgan fingerprint density at radius 1 is 1.12 bits per heavy atom. The van der Waals surface area contributed by atoms with Crippen molar-refractivity contribution in [1.82, 2.24) is 16.0 Å². The number of carbonyl (C=O) groups excluding carboxylic acids is 2. The molecule has 5 nitrogen and oxygen atoms in total. The van der Waals surface area contributed by atoms with E-state index < -0.39 is 6.04 Å². The van der Waals surface area contributed by atoms with Crippen molar-refractivity contribution in [2.75, 3.05) is 0 Å². The van der Waals surface area contributed by atoms with Crippen LogP contribution in [0.25, 0.3) is 0 Å². The standard InChI is InChI=1S/C19H20ClN3O2.ClH/c1-12(23-19(25)14-4-6-17(20)7-5-14)18(24)22-9-13-2-3-15-10-21-11-16(15)8-13;/h2-8,12,21H,9-11H2,1H3,(H,22,24)(H,23,25);1H. The summed E-state index contributed by atoms with van der Waals surface area (Å²) in [4.78, 5) is 24.3. The summed E-state index contributed by atoms with van der Waals surface area (Å²) >= 11 is 5.81. The number of nitrogens with one attached hydrogen (secondary N) is 3. The van der Waals surface area contributed by atoms with Gasteiger partial charge in [0.2, 0.25) is 5.91 Å². The van der Waals surface area contributed by atoms with E-state index in [2.05, 4.69) is 28.1 Å². The van der Waals surface area contributed by atoms with Crippen molar-refractivity contribution >= 4 is 35.8 Å². The number of fused-ring (bicyclic) bond motifs is 1. The zero-order valence-electron chi connectivity index (χ0n) is 14.3. The van der Waals surface area contributed by atoms with Crippen LogP contribution in [0.1, 0.15) is 34.0 Å². The van der Waals surface area contributed by atoms with Gasteiger partial charge < -0.3 is 16.0 Å². The molecule has 0 spiro atoms. The lowest BCUT2D eigenvalue weighted by molar-refractivity contribution is -0.122. The lowest BCUT2D eigenvalue weighted by Gasteiger charge is -2.14. The molecule has 1 aliphatic rings. The highest BCUT2D eigenvalue weighted by atomic mass is 35.5. The van der Waals surface area contributed by atoms with Crippen LogP contribution in [0.15, 0.2) is 42.5 Å². The van der Waals surface area contributed by atoms with Gasteiger partial charge in [0.05, 0.1) is 0 Å². The van der Waals surface area contributed by atoms with E-state index in [0.717, 1.165) is 18.7 Å². The molecule has 138 valence electrons. The van der Waals surface area contributed by atoms with Gasteiger partial charge in [-0.25, -0.2) is 0 Å². The van der Waals surface area contributed by atoms with Gasteiger partial charge in [0.25, 0.3) is 5.91 Å². The second kappa shape index (κ2) is 9.03. The fourth-order valence-corrected chi connectivity index (χ4v) is 2.87. The number of benzene rings is 2. The first-order valence-corrected chi connectivity index (χ1v) is 8.56. The second-order valence-electron chi connectivity index (χ2n) is 6.13. The molecule has 26 heavy (non-hydrogen) atoms. The van der Waals surface area contributed by atoms with Crippen molar-refractivity contribution in [2.45, 2.75) is 32.6 Å². The molecule has 3 N–H and O–H groups in total. The van der Waals surface area contributed by atoms with Gasteiger partial charge in [0.1, 0.15) is 6.04 Å². The first-order valence-electron chi connectivity index (χ1n) is 8.18. The highest BCUT2D eigenvalue weighted by Crippen LogP contribution is 2.17. The lowest BCUT2D eigenvalue weighted by Crippen LogP contribution is -2.44. The van der Waals surface area contributed by atoms with E-state index in [0.29, 0.717) is 17.1 Å². The highest BCUT2D eigenvalue weighted by Gasteiger charge is 2.17. The topological polar surface area (TPSA) is 70.2 Å². The van der Waals surface area contributed by atoms with Crippen LogP contribution >= 0.6 is 24.0 Å². The van der Waals surface area contributed by atoms with Crippen LogP contribution < -0.4 is 16.0 Å². The Balaban J connectivity index is 0.00000243. The Kier molecular flexibility index (Phi) is 7.03. The Labute approximate surface area is 163 Å². The summed E-state index contributed by atoms with van der Waals surface area (Å²) in [5, 5.41) is 9.41. The smallest absolute Gasteiger partial charge is 0.251 e. The Morgan fingerprint density at radius 2 is 1.81 bits per heavy atom. The minimum absolute atomic E-state index is 0. The summed E-state index contributed by atoms with van der Waals surface area (Å²) in [6.45, 7) is 3.86. The SMILES string of the molecule is CC(NC(=O)c1ccc(Cl)cc1)C(=O)NCc1ccc2c(c1)CNC2.Cl. The van der Waals surface area contributed by atoms with Crippen LogP contribution in [-0.4, -0.2) is 17.9 Å². The van der Waals surface area contributed by atoms with Crippen molar-refractivity contribution in [3.05, 3.63) is 69.7 Å². The summed E-state index contributed by atoms with van der Waals surface area (Å²) in [5.41, 5.74) is 4.09. The first-order chi connectivity index (χ1) is 12.0. The van der Waals surface area contributed by atoms with E-state index in [1.165, 1.54) is 11.1 Å². The normalized spacial score (nSPS) is 13.3. The fourth-order valence-electron chi connectivity index (χ4n) is 2.75. The average Bonchev–Trinajstić information content (AvgIpc) is 3.07. The molecular formula is C19H21Cl2N3O2. The van der Waals surface area contributed by atoms with E-state index in [4.69, 9.17) is 11.6 Å². The predicted octanol–water partition coefficient (Wildman–Crippen LogP) is 2.80. The van der Waals surface area contributed by atoms with Crippen LogP contribution in [0.5, 0.6) is 0 Å². The molecule has 2 aromatic rings. The van der Waals surface area contributed by atoms with Crippen LogP contribution in [0.3, 0.4) is 0 Å². The van der Waals surface area contributed by atoms with Gasteiger partial charge in [-0.1, -0.05) is 29.8 Å². The number of halogens is 2. The summed E-state index contributed by atoms with van der Waals surface area (Å²) in [6.07, 6.45) is 0. The number of amides is 2. The third-order valence-corrected chi connectivity index (χ3v) is 4.47. The van der Waals surface area contributed by atoms with Crippen LogP contribution in [0, 0.1) is 0 Å². The molecule has 0 aromatic heterocycles. The molecule has 0 fully saturated rings. The first kappa shape index (κ1) is 20.2. The maximum atomic E-state index is 12.2. The summed E-state index contributed by atoms with van der Waals surface area (Å²) in [5.74, 6) is -0.524. The molecule has 0 aliphatic carbocycles. The maximum absolute atomic E-state index is 12.2. The molecule has 2 aromatic carbocycles. The molecule has 0 saturated heterocycles. The molecule has 3 rings (SSSR count). The molecule has 1 heterocycles. The fraction of sp³-hybridized carbons (Fsp3) is 0.263. The molecular weight excluding hydrogens is 373 g/mol. The van der Waals surface area contributed by atoms with Crippen molar-refractivity contribution in [3.8, 4) is 0 Å². The molecule has 1 aliphatic heterocycles. The van der Waals surface area contributed by atoms with Gasteiger partial charge in [0, 0.05) is 30.2 Å². The van der Waals surface area contributed by atoms with Crippen molar-refractivity contribution < 1.29 is 9.59 Å². The zero-order valence-corrected chi connectivity index (χ0v) is 15.9. The predicted molar refractivity (Wildman–Crippen MR) is 104 cm³/mol. The van der Waals surface area contributed by atoms with E-state index in [1.54, 1.807) is 31.2 Å². The van der Waals surface area contributed by atoms with E-state index in [-0.39, 0.29) is 24.2 Å². The van der Waals surface area contributed by atoms with Crippen LogP contribution in [0.4, 0.5) is 0 Å². The monoisotopic (exact) mass is 393 g/mol. The number of hydrogen-bond donors (Lipinski definition) is 3. The zero-order chi connectivity index (χ0) is 17.8. The van der Waals surface area contributed by atoms with Gasteiger partial charge >= 0.3 is 0 Å². The van der Waals surface area contributed by atoms with Crippen LogP contribution in [-0.2, 0) is 24.4 Å². The van der Waals surface area contributed by atoms with Gasteiger partial charge in [0.15, 0.2) is 0 Å². The summed E-state index contributed by atoms with van der Waals surface area (Å²) < 4.78 is 0. The average molecular weight is 394 g/mol. The molecule has 1 atom stereocenters. The quantitative estimate of drug-likeness (QED) is 0.731. The Bertz CT molecular complexity index is 794. The molecule has 1 unspecified atom stereocenters. The van der Waals surface area contributed by atoms with E-state index >= 15 is 0 Å². The maximum Gasteiger partial charge on any atom is 0.251 e. The lowest BCUT2D eigenvalue weighted by atomic mass is 10.1. The summed E-state index contributed by atoms with van der Waals surface area (Å²) in [6, 6.07) is 12.1. The largest absolute Gasteiger partial charge is 0.350 e. The van der Waals surface area contributed by atoms with Crippen molar-refractivity contribution in [2.24, 2.45) is 0 Å². The van der Waals surface area contributed by atoms with E-state index in [9.17, 15) is 9.59 Å². The Hall–Kier alpha value is -2.08. The van der Waals surface area contributed by atoms with E-state index in [1.807, 2.05) is 6.07 Å². The summed E-state index contributed by atoms with van der Waals surface area (Å²) in [7, 11) is 0. The molecule has 0 saturated carbocycles. The van der Waals surface area contributed by atoms with Gasteiger partial charge in [-0.15, -0.1) is 12.4 Å². The third-order valence-electron chi connectivity index (χ3n) is 4.22. The molecule has 0 bridgehead atoms. The highest BCUT2D eigenvalue weighted by molar-refractivity contribution is 6.30. The number of rotatable bonds is 5. The molecule has 7 heteroatoms.